The Morgan fingerprint density at radius 2 is 2.12 bits per heavy atom. The monoisotopic (exact) mass is 234 g/mol. The van der Waals surface area contributed by atoms with E-state index in [0.717, 1.165) is 11.4 Å². The molecule has 2 aromatic rings. The van der Waals surface area contributed by atoms with Crippen molar-refractivity contribution in [1.82, 2.24) is 9.55 Å². The van der Waals surface area contributed by atoms with Gasteiger partial charge in [-0.25, -0.2) is 4.98 Å². The number of benzene rings is 1. The number of aromatic nitrogens is 2. The van der Waals surface area contributed by atoms with Crippen LogP contribution in [0.4, 0.5) is 0 Å². The zero-order valence-corrected chi connectivity index (χ0v) is 9.75. The quantitative estimate of drug-likeness (QED) is 0.868. The van der Waals surface area contributed by atoms with Crippen molar-refractivity contribution in [3.05, 3.63) is 36.4 Å². The molecule has 0 radical (unpaired) electrons. The molecule has 1 N–H and O–H groups in total. The van der Waals surface area contributed by atoms with Crippen molar-refractivity contribution >= 4 is 0 Å². The second-order valence-electron chi connectivity index (χ2n) is 3.47. The summed E-state index contributed by atoms with van der Waals surface area (Å²) in [6.07, 6.45) is 3.38. The number of hydrogen-bond donors (Lipinski definition) is 1. The van der Waals surface area contributed by atoms with E-state index in [1.165, 1.54) is 0 Å². The molecule has 1 aromatic carbocycles. The summed E-state index contributed by atoms with van der Waals surface area (Å²) in [6.45, 7) is -0.0840. The van der Waals surface area contributed by atoms with E-state index in [9.17, 15) is 0 Å². The lowest BCUT2D eigenvalue weighted by molar-refractivity contribution is 0.277. The Hall–Kier alpha value is -2.01. The average molecular weight is 234 g/mol. The molecule has 1 aromatic heterocycles. The van der Waals surface area contributed by atoms with Gasteiger partial charge in [0.15, 0.2) is 0 Å². The van der Waals surface area contributed by atoms with Gasteiger partial charge in [0.1, 0.15) is 11.5 Å². The number of aliphatic hydroxyl groups is 1. The van der Waals surface area contributed by atoms with Gasteiger partial charge in [0.25, 0.3) is 0 Å². The van der Waals surface area contributed by atoms with Crippen molar-refractivity contribution in [1.29, 1.82) is 0 Å². The molecule has 5 nitrogen and oxygen atoms in total. The Morgan fingerprint density at radius 3 is 2.71 bits per heavy atom. The minimum atomic E-state index is -0.0840. The summed E-state index contributed by atoms with van der Waals surface area (Å²) in [5.74, 6) is 1.45. The summed E-state index contributed by atoms with van der Waals surface area (Å²) in [5, 5.41) is 8.99. The Labute approximate surface area is 99.2 Å². The molecule has 0 bridgehead atoms. The molecule has 0 aliphatic carbocycles. The van der Waals surface area contributed by atoms with Crippen LogP contribution in [0.5, 0.6) is 11.5 Å². The van der Waals surface area contributed by atoms with Gasteiger partial charge in [-0.05, 0) is 12.1 Å². The lowest BCUT2D eigenvalue weighted by Crippen LogP contribution is -1.96. The number of rotatable bonds is 4. The third kappa shape index (κ3) is 2.24. The zero-order valence-electron chi connectivity index (χ0n) is 9.75. The van der Waals surface area contributed by atoms with E-state index in [-0.39, 0.29) is 6.61 Å². The molecular formula is C12H14N2O3. The lowest BCUT2D eigenvalue weighted by atomic mass is 10.2. The van der Waals surface area contributed by atoms with E-state index in [4.69, 9.17) is 14.6 Å². The Bertz CT molecular complexity index is 508. The molecule has 0 fully saturated rings. The maximum absolute atomic E-state index is 8.99. The van der Waals surface area contributed by atoms with E-state index in [0.29, 0.717) is 11.4 Å². The second-order valence-corrected chi connectivity index (χ2v) is 3.47. The van der Waals surface area contributed by atoms with Gasteiger partial charge in [0, 0.05) is 12.3 Å². The smallest absolute Gasteiger partial charge is 0.143 e. The molecule has 0 atom stereocenters. The highest BCUT2D eigenvalue weighted by atomic mass is 16.5. The predicted octanol–water partition coefficient (Wildman–Crippen LogP) is 1.38. The number of aliphatic hydroxyl groups excluding tert-OH is 1. The van der Waals surface area contributed by atoms with Crippen molar-refractivity contribution in [2.45, 2.75) is 6.61 Å². The Balaban J connectivity index is 2.47. The van der Waals surface area contributed by atoms with Gasteiger partial charge < -0.3 is 19.1 Å². The molecule has 2 rings (SSSR count). The van der Waals surface area contributed by atoms with Gasteiger partial charge >= 0.3 is 0 Å². The van der Waals surface area contributed by atoms with Crippen LogP contribution in [-0.2, 0) is 6.61 Å². The van der Waals surface area contributed by atoms with Crippen LogP contribution in [0.25, 0.3) is 5.69 Å². The van der Waals surface area contributed by atoms with Crippen molar-refractivity contribution in [2.24, 2.45) is 0 Å². The van der Waals surface area contributed by atoms with Crippen LogP contribution in [0.2, 0.25) is 0 Å². The van der Waals surface area contributed by atoms with Crippen LogP contribution in [0.3, 0.4) is 0 Å². The topological polar surface area (TPSA) is 56.5 Å². The third-order valence-electron chi connectivity index (χ3n) is 2.46. The van der Waals surface area contributed by atoms with Crippen LogP contribution in [0, 0.1) is 0 Å². The van der Waals surface area contributed by atoms with Crippen LogP contribution >= 0.6 is 0 Å². The standard InChI is InChI=1S/C12H14N2O3/c1-16-10-3-4-12(17-2)11(5-10)14-6-9(7-15)13-8-14/h3-6,8,15H,7H2,1-2H3. The lowest BCUT2D eigenvalue weighted by Gasteiger charge is -2.10. The van der Waals surface area contributed by atoms with Gasteiger partial charge in [0.2, 0.25) is 0 Å². The highest BCUT2D eigenvalue weighted by molar-refractivity contribution is 5.51. The van der Waals surface area contributed by atoms with E-state index in [2.05, 4.69) is 4.98 Å². The fourth-order valence-corrected chi connectivity index (χ4v) is 1.58. The number of methoxy groups -OCH3 is 2. The van der Waals surface area contributed by atoms with Crippen LogP contribution < -0.4 is 9.47 Å². The van der Waals surface area contributed by atoms with Gasteiger partial charge in [-0.15, -0.1) is 0 Å². The van der Waals surface area contributed by atoms with Gasteiger partial charge in [-0.2, -0.15) is 0 Å². The van der Waals surface area contributed by atoms with Gasteiger partial charge in [-0.1, -0.05) is 0 Å². The highest BCUT2D eigenvalue weighted by Crippen LogP contribution is 2.27. The van der Waals surface area contributed by atoms with Crippen molar-refractivity contribution in [2.75, 3.05) is 14.2 Å². The predicted molar refractivity (Wildman–Crippen MR) is 62.6 cm³/mol. The first-order chi connectivity index (χ1) is 8.28. The third-order valence-corrected chi connectivity index (χ3v) is 2.46. The fraction of sp³-hybridized carbons (Fsp3) is 0.250. The second kappa shape index (κ2) is 4.88. The minimum absolute atomic E-state index is 0.0840. The molecule has 0 saturated heterocycles. The van der Waals surface area contributed by atoms with Crippen molar-refractivity contribution < 1.29 is 14.6 Å². The van der Waals surface area contributed by atoms with E-state index < -0.39 is 0 Å². The molecule has 90 valence electrons. The van der Waals surface area contributed by atoms with E-state index >= 15 is 0 Å². The molecule has 1 heterocycles. The molecular weight excluding hydrogens is 220 g/mol. The number of ether oxygens (including phenoxy) is 2. The molecule has 0 spiro atoms. The molecule has 0 aliphatic rings. The Morgan fingerprint density at radius 1 is 1.29 bits per heavy atom. The molecule has 0 unspecified atom stereocenters. The maximum Gasteiger partial charge on any atom is 0.143 e. The van der Waals surface area contributed by atoms with Crippen molar-refractivity contribution in [3.8, 4) is 17.2 Å². The summed E-state index contributed by atoms with van der Waals surface area (Å²) in [6, 6.07) is 5.50. The fourth-order valence-electron chi connectivity index (χ4n) is 1.58. The number of hydrogen-bond acceptors (Lipinski definition) is 4. The molecule has 0 saturated carbocycles. The molecule has 0 aliphatic heterocycles. The summed E-state index contributed by atoms with van der Waals surface area (Å²) in [4.78, 5) is 4.06. The first-order valence-electron chi connectivity index (χ1n) is 5.14. The van der Waals surface area contributed by atoms with E-state index in [1.54, 1.807) is 31.3 Å². The Kier molecular flexibility index (Phi) is 3.30. The number of imidazole rings is 1. The zero-order chi connectivity index (χ0) is 12.3. The minimum Gasteiger partial charge on any atom is -0.497 e. The summed E-state index contributed by atoms with van der Waals surface area (Å²) >= 11 is 0. The maximum atomic E-state index is 8.99. The van der Waals surface area contributed by atoms with Crippen molar-refractivity contribution in [3.63, 3.8) is 0 Å². The molecule has 5 heteroatoms. The van der Waals surface area contributed by atoms with Gasteiger partial charge in [-0.3, -0.25) is 0 Å². The molecule has 17 heavy (non-hydrogen) atoms. The summed E-state index contributed by atoms with van der Waals surface area (Å²) in [7, 11) is 3.22. The van der Waals surface area contributed by atoms with E-state index in [1.807, 2.05) is 18.2 Å². The van der Waals surface area contributed by atoms with Gasteiger partial charge in [0.05, 0.1) is 38.5 Å². The first kappa shape index (κ1) is 11.5. The molecule has 0 amide bonds. The summed E-state index contributed by atoms with van der Waals surface area (Å²) in [5.41, 5.74) is 1.42. The van der Waals surface area contributed by atoms with Crippen LogP contribution in [0.15, 0.2) is 30.7 Å². The normalized spacial score (nSPS) is 10.3. The highest BCUT2D eigenvalue weighted by Gasteiger charge is 2.08. The van der Waals surface area contributed by atoms with Crippen LogP contribution in [-0.4, -0.2) is 28.9 Å². The largest absolute Gasteiger partial charge is 0.497 e. The first-order valence-corrected chi connectivity index (χ1v) is 5.14. The summed E-state index contributed by atoms with van der Waals surface area (Å²) < 4.78 is 12.2. The van der Waals surface area contributed by atoms with Crippen LogP contribution in [0.1, 0.15) is 5.69 Å². The average Bonchev–Trinajstić information content (AvgIpc) is 2.86. The SMILES string of the molecule is COc1ccc(OC)c(-n2cnc(CO)c2)c1. The number of nitrogens with zero attached hydrogens (tertiary/aromatic N) is 2.